The molecule has 5 aliphatic rings. The Morgan fingerprint density at radius 1 is 1.03 bits per heavy atom. The van der Waals surface area contributed by atoms with E-state index < -0.39 is 0 Å². The number of rotatable bonds is 6. The Morgan fingerprint density at radius 2 is 1.89 bits per heavy atom. The van der Waals surface area contributed by atoms with Gasteiger partial charge in [0.15, 0.2) is 0 Å². The summed E-state index contributed by atoms with van der Waals surface area (Å²) in [4.78, 5) is 0. The van der Waals surface area contributed by atoms with Gasteiger partial charge in [-0.15, -0.1) is 0 Å². The minimum absolute atomic E-state index is 0.446. The van der Waals surface area contributed by atoms with E-state index in [9.17, 15) is 0 Å². The predicted octanol–water partition coefficient (Wildman–Crippen LogP) is 9.75. The lowest BCUT2D eigenvalue weighted by molar-refractivity contribution is 0.375. The molecule has 182 valence electrons. The summed E-state index contributed by atoms with van der Waals surface area (Å²) < 4.78 is 0. The van der Waals surface area contributed by atoms with Gasteiger partial charge < -0.3 is 0 Å². The van der Waals surface area contributed by atoms with Gasteiger partial charge in [-0.1, -0.05) is 105 Å². The molecule has 0 radical (unpaired) electrons. The van der Waals surface area contributed by atoms with Crippen molar-refractivity contribution in [3.63, 3.8) is 0 Å². The standard InChI is InChI=1S/C36H38/c1-3-25-23-30-17-11-12-18-32(30)36(31(25)4-2)34-24-33(34)26-19-21-29(22-20-26)35(27-13-7-5-8-14-27)28-15-9-6-10-16-28/h4-5,7-8,11-13,15,17-22,24-25,30,32-33H,2-3,6,9-10,14,16,23H2,1H3/b35-27+. The van der Waals surface area contributed by atoms with Crippen molar-refractivity contribution >= 4 is 5.57 Å². The molecular formula is C36H38. The van der Waals surface area contributed by atoms with E-state index in [1.165, 1.54) is 66.4 Å². The summed E-state index contributed by atoms with van der Waals surface area (Å²) in [5.74, 6) is 2.19. The molecule has 6 rings (SSSR count). The van der Waals surface area contributed by atoms with E-state index in [1.54, 1.807) is 16.7 Å². The molecule has 0 saturated heterocycles. The third kappa shape index (κ3) is 4.32. The predicted molar refractivity (Wildman–Crippen MR) is 155 cm³/mol. The number of fused-ring (bicyclic) bond motifs is 1. The fourth-order valence-electron chi connectivity index (χ4n) is 6.94. The normalized spacial score (nSPS) is 30.0. The first kappa shape index (κ1) is 23.3. The molecular weight excluding hydrogens is 432 g/mol. The highest BCUT2D eigenvalue weighted by Crippen LogP contribution is 2.54. The first-order valence-electron chi connectivity index (χ1n) is 14.1. The summed E-state index contributed by atoms with van der Waals surface area (Å²) in [6.45, 7) is 6.58. The van der Waals surface area contributed by atoms with Crippen LogP contribution in [0.3, 0.4) is 0 Å². The molecule has 0 heterocycles. The molecule has 0 aromatic heterocycles. The zero-order chi connectivity index (χ0) is 24.5. The summed E-state index contributed by atoms with van der Waals surface area (Å²) in [7, 11) is 0. The lowest BCUT2D eigenvalue weighted by Crippen LogP contribution is -2.26. The molecule has 4 unspecified atom stereocenters. The Kier molecular flexibility index (Phi) is 6.53. The molecule has 0 amide bonds. The topological polar surface area (TPSA) is 0 Å². The van der Waals surface area contributed by atoms with E-state index in [2.05, 4.69) is 105 Å². The van der Waals surface area contributed by atoms with Crippen LogP contribution >= 0.6 is 0 Å². The van der Waals surface area contributed by atoms with Crippen molar-refractivity contribution in [1.29, 1.82) is 0 Å². The van der Waals surface area contributed by atoms with Crippen molar-refractivity contribution in [3.8, 4) is 0 Å². The maximum atomic E-state index is 4.25. The lowest BCUT2D eigenvalue weighted by atomic mass is 9.67. The third-order valence-corrected chi connectivity index (χ3v) is 8.86. The van der Waals surface area contributed by atoms with Gasteiger partial charge in [-0.05, 0) is 101 Å². The molecule has 1 aromatic rings. The van der Waals surface area contributed by atoms with Gasteiger partial charge in [0.25, 0.3) is 0 Å². The van der Waals surface area contributed by atoms with Gasteiger partial charge in [0.05, 0.1) is 0 Å². The summed E-state index contributed by atoms with van der Waals surface area (Å²) in [5.41, 5.74) is 11.9. The van der Waals surface area contributed by atoms with Crippen molar-refractivity contribution in [1.82, 2.24) is 0 Å². The second-order valence-electron chi connectivity index (χ2n) is 11.0. The fraction of sp³-hybridized carbons (Fsp3) is 0.333. The van der Waals surface area contributed by atoms with Crippen LogP contribution in [0.25, 0.3) is 5.57 Å². The Balaban J connectivity index is 1.29. The van der Waals surface area contributed by atoms with E-state index in [4.69, 9.17) is 0 Å². The SMILES string of the molecule is C=CC1=C(C2=CC2c2ccc(/C(C3=CCCCC3)=C3\C=CC=CC3)cc2)C2C=CC=CC2CC1CC. The van der Waals surface area contributed by atoms with E-state index in [0.717, 1.165) is 6.42 Å². The van der Waals surface area contributed by atoms with Crippen LogP contribution in [0.2, 0.25) is 0 Å². The zero-order valence-corrected chi connectivity index (χ0v) is 21.6. The van der Waals surface area contributed by atoms with Crippen molar-refractivity contribution < 1.29 is 0 Å². The summed E-state index contributed by atoms with van der Waals surface area (Å²) in [6.07, 6.45) is 34.0. The average Bonchev–Trinajstić information content (AvgIpc) is 3.74. The van der Waals surface area contributed by atoms with Gasteiger partial charge in [-0.25, -0.2) is 0 Å². The monoisotopic (exact) mass is 470 g/mol. The molecule has 5 aliphatic carbocycles. The van der Waals surface area contributed by atoms with Crippen LogP contribution in [0.5, 0.6) is 0 Å². The van der Waals surface area contributed by atoms with Crippen LogP contribution in [-0.4, -0.2) is 0 Å². The molecule has 0 saturated carbocycles. The second kappa shape index (κ2) is 10.1. The highest BCUT2D eigenvalue weighted by molar-refractivity contribution is 5.84. The van der Waals surface area contributed by atoms with Gasteiger partial charge in [0, 0.05) is 11.8 Å². The van der Waals surface area contributed by atoms with Gasteiger partial charge in [0.1, 0.15) is 0 Å². The van der Waals surface area contributed by atoms with Gasteiger partial charge in [-0.2, -0.15) is 0 Å². The molecule has 0 aliphatic heterocycles. The van der Waals surface area contributed by atoms with E-state index in [1.807, 2.05) is 0 Å². The van der Waals surface area contributed by atoms with Gasteiger partial charge in [-0.3, -0.25) is 0 Å². The van der Waals surface area contributed by atoms with Crippen LogP contribution in [0.1, 0.15) is 68.9 Å². The molecule has 0 bridgehead atoms. The van der Waals surface area contributed by atoms with E-state index in [-0.39, 0.29) is 0 Å². The van der Waals surface area contributed by atoms with Crippen LogP contribution in [-0.2, 0) is 0 Å². The number of hydrogen-bond donors (Lipinski definition) is 0. The first-order valence-corrected chi connectivity index (χ1v) is 14.1. The van der Waals surface area contributed by atoms with Crippen LogP contribution in [0.15, 0.2) is 126 Å². The lowest BCUT2D eigenvalue weighted by Gasteiger charge is -2.37. The fourth-order valence-corrected chi connectivity index (χ4v) is 6.94. The third-order valence-electron chi connectivity index (χ3n) is 8.86. The smallest absolute Gasteiger partial charge is 0.0275 e. The van der Waals surface area contributed by atoms with Crippen LogP contribution < -0.4 is 0 Å². The Labute approximate surface area is 217 Å². The minimum atomic E-state index is 0.446. The molecule has 0 heteroatoms. The molecule has 36 heavy (non-hydrogen) atoms. The number of hydrogen-bond acceptors (Lipinski definition) is 0. The number of allylic oxidation sites excluding steroid dienone is 17. The maximum Gasteiger partial charge on any atom is 0.0275 e. The molecule has 0 N–H and O–H groups in total. The summed E-state index contributed by atoms with van der Waals surface area (Å²) in [6, 6.07) is 9.54. The highest BCUT2D eigenvalue weighted by atomic mass is 14.4. The van der Waals surface area contributed by atoms with E-state index >= 15 is 0 Å². The Hall–Kier alpha value is -3.12. The Bertz CT molecular complexity index is 1280. The average molecular weight is 471 g/mol. The van der Waals surface area contributed by atoms with Gasteiger partial charge >= 0.3 is 0 Å². The van der Waals surface area contributed by atoms with Crippen molar-refractivity contribution in [2.45, 2.75) is 57.8 Å². The van der Waals surface area contributed by atoms with Crippen molar-refractivity contribution in [2.75, 3.05) is 0 Å². The summed E-state index contributed by atoms with van der Waals surface area (Å²) in [5, 5.41) is 0. The molecule has 1 aromatic carbocycles. The van der Waals surface area contributed by atoms with Crippen molar-refractivity contribution in [2.24, 2.45) is 17.8 Å². The number of benzene rings is 1. The largest absolute Gasteiger partial charge is 0.0988 e. The molecule has 4 atom stereocenters. The first-order chi connectivity index (χ1) is 17.8. The van der Waals surface area contributed by atoms with Crippen LogP contribution in [0.4, 0.5) is 0 Å². The van der Waals surface area contributed by atoms with Crippen molar-refractivity contribution in [3.05, 3.63) is 137 Å². The molecule has 0 spiro atoms. The van der Waals surface area contributed by atoms with Gasteiger partial charge in [0.2, 0.25) is 0 Å². The quantitative estimate of drug-likeness (QED) is 0.388. The second-order valence-corrected chi connectivity index (χ2v) is 11.0. The zero-order valence-electron chi connectivity index (χ0n) is 21.6. The molecule has 0 nitrogen and oxygen atoms in total. The highest BCUT2D eigenvalue weighted by Gasteiger charge is 2.40. The Morgan fingerprint density at radius 3 is 2.61 bits per heavy atom. The maximum absolute atomic E-state index is 4.25. The van der Waals surface area contributed by atoms with Crippen LogP contribution in [0, 0.1) is 17.8 Å². The minimum Gasteiger partial charge on any atom is -0.0988 e. The van der Waals surface area contributed by atoms with E-state index in [0.29, 0.717) is 23.7 Å². The molecule has 0 fully saturated rings. The summed E-state index contributed by atoms with van der Waals surface area (Å²) >= 11 is 0.